The van der Waals surface area contributed by atoms with E-state index in [0.29, 0.717) is 18.9 Å². The highest BCUT2D eigenvalue weighted by molar-refractivity contribution is 5.99. The highest BCUT2D eigenvalue weighted by Gasteiger charge is 2.22. The maximum absolute atomic E-state index is 12.1. The third-order valence-corrected chi connectivity index (χ3v) is 2.63. The number of urea groups is 1. The number of carbonyl (C=O) groups excluding carboxylic acids is 3. The van der Waals surface area contributed by atoms with E-state index in [4.69, 9.17) is 9.47 Å². The second-order valence-electron chi connectivity index (χ2n) is 4.33. The van der Waals surface area contributed by atoms with Gasteiger partial charge in [-0.15, -0.1) is 0 Å². The van der Waals surface area contributed by atoms with E-state index in [1.54, 1.807) is 38.1 Å². The van der Waals surface area contributed by atoms with Crippen molar-refractivity contribution in [3.05, 3.63) is 29.8 Å². The van der Waals surface area contributed by atoms with Crippen LogP contribution in [0.15, 0.2) is 24.3 Å². The maximum Gasteiger partial charge on any atom is 0.342 e. The van der Waals surface area contributed by atoms with Gasteiger partial charge in [-0.2, -0.15) is 0 Å². The third kappa shape index (κ3) is 5.08. The molecule has 0 aliphatic rings. The summed E-state index contributed by atoms with van der Waals surface area (Å²) in [6, 6.07) is 5.94. The predicted octanol–water partition coefficient (Wildman–Crippen LogP) is 1.48. The number of nitrogens with one attached hydrogen (secondary N) is 2. The Bertz CT molecular complexity index is 544. The van der Waals surface area contributed by atoms with Crippen molar-refractivity contribution in [3.63, 3.8) is 0 Å². The van der Waals surface area contributed by atoms with Gasteiger partial charge in [-0.1, -0.05) is 12.1 Å². The van der Waals surface area contributed by atoms with Gasteiger partial charge in [0, 0.05) is 6.54 Å². The summed E-state index contributed by atoms with van der Waals surface area (Å²) in [4.78, 5) is 35.1. The molecule has 0 radical (unpaired) electrons. The molecule has 0 unspecified atom stereocenters. The molecule has 0 bridgehead atoms. The molecule has 0 spiro atoms. The molecule has 0 saturated heterocycles. The van der Waals surface area contributed by atoms with Gasteiger partial charge in [-0.3, -0.25) is 10.1 Å². The number of carbonyl (C=O) groups is 3. The van der Waals surface area contributed by atoms with Gasteiger partial charge < -0.3 is 14.8 Å². The first-order valence-electron chi connectivity index (χ1n) is 7.01. The van der Waals surface area contributed by atoms with Crippen LogP contribution in [-0.2, 0) is 9.53 Å². The Balaban J connectivity index is 2.68. The molecule has 7 nitrogen and oxygen atoms in total. The van der Waals surface area contributed by atoms with Gasteiger partial charge in [0.1, 0.15) is 11.3 Å². The lowest BCUT2D eigenvalue weighted by Gasteiger charge is -2.14. The number of rotatable bonds is 6. The fourth-order valence-corrected chi connectivity index (χ4v) is 1.61. The zero-order valence-electron chi connectivity index (χ0n) is 12.8. The van der Waals surface area contributed by atoms with Crippen LogP contribution in [0.4, 0.5) is 4.79 Å². The predicted molar refractivity (Wildman–Crippen MR) is 79.7 cm³/mol. The van der Waals surface area contributed by atoms with Crippen LogP contribution in [0.3, 0.4) is 0 Å². The second-order valence-corrected chi connectivity index (χ2v) is 4.33. The minimum absolute atomic E-state index is 0.224. The van der Waals surface area contributed by atoms with Gasteiger partial charge in [0.15, 0.2) is 6.10 Å². The van der Waals surface area contributed by atoms with Crippen LogP contribution in [0, 0.1) is 0 Å². The normalized spacial score (nSPS) is 11.2. The van der Waals surface area contributed by atoms with Crippen molar-refractivity contribution >= 4 is 17.9 Å². The number of benzene rings is 1. The van der Waals surface area contributed by atoms with Crippen LogP contribution in [-0.4, -0.2) is 37.2 Å². The summed E-state index contributed by atoms with van der Waals surface area (Å²) in [5, 5.41) is 4.49. The summed E-state index contributed by atoms with van der Waals surface area (Å²) in [6.07, 6.45) is -1.11. The lowest BCUT2D eigenvalue weighted by Crippen LogP contribution is -2.44. The molecule has 0 aliphatic heterocycles. The fourth-order valence-electron chi connectivity index (χ4n) is 1.61. The van der Waals surface area contributed by atoms with Gasteiger partial charge >= 0.3 is 12.0 Å². The molecule has 2 N–H and O–H groups in total. The molecule has 0 aromatic heterocycles. The first-order chi connectivity index (χ1) is 10.5. The van der Waals surface area contributed by atoms with E-state index in [9.17, 15) is 14.4 Å². The van der Waals surface area contributed by atoms with Crippen LogP contribution >= 0.6 is 0 Å². The topological polar surface area (TPSA) is 93.7 Å². The van der Waals surface area contributed by atoms with Gasteiger partial charge in [0.05, 0.1) is 6.61 Å². The quantitative estimate of drug-likeness (QED) is 0.776. The second kappa shape index (κ2) is 8.66. The van der Waals surface area contributed by atoms with Gasteiger partial charge in [0.25, 0.3) is 5.91 Å². The molecular weight excluding hydrogens is 288 g/mol. The summed E-state index contributed by atoms with van der Waals surface area (Å²) < 4.78 is 10.4. The zero-order chi connectivity index (χ0) is 16.5. The molecule has 120 valence electrons. The molecule has 22 heavy (non-hydrogen) atoms. The Morgan fingerprint density at radius 3 is 2.50 bits per heavy atom. The lowest BCUT2D eigenvalue weighted by molar-refractivity contribution is -0.127. The number of ether oxygens (including phenoxy) is 2. The van der Waals surface area contributed by atoms with E-state index in [0.717, 1.165) is 0 Å². The van der Waals surface area contributed by atoms with E-state index in [1.807, 2.05) is 0 Å². The smallest absolute Gasteiger partial charge is 0.342 e. The zero-order valence-corrected chi connectivity index (χ0v) is 12.8. The number of imide groups is 1. The van der Waals surface area contributed by atoms with E-state index < -0.39 is 24.0 Å². The molecule has 0 heterocycles. The average molecular weight is 308 g/mol. The fraction of sp³-hybridized carbons (Fsp3) is 0.400. The Hall–Kier alpha value is -2.57. The first kappa shape index (κ1) is 17.5. The molecule has 0 saturated carbocycles. The van der Waals surface area contributed by atoms with Crippen molar-refractivity contribution < 1.29 is 23.9 Å². The SMILES string of the molecule is CCNC(=O)NC(=O)[C@H](C)OC(=O)c1ccccc1OCC. The standard InChI is InChI=1S/C15H20N2O5/c1-4-16-15(20)17-13(18)10(3)22-14(19)11-8-6-7-9-12(11)21-5-2/h6-10H,4-5H2,1-3H3,(H2,16,17,18,20)/t10-/m0/s1. The van der Waals surface area contributed by atoms with Crippen molar-refractivity contribution in [2.75, 3.05) is 13.2 Å². The van der Waals surface area contributed by atoms with Crippen molar-refractivity contribution in [2.24, 2.45) is 0 Å². The van der Waals surface area contributed by atoms with E-state index in [2.05, 4.69) is 10.6 Å². The molecule has 7 heteroatoms. The first-order valence-corrected chi connectivity index (χ1v) is 7.01. The number of amides is 3. The van der Waals surface area contributed by atoms with Crippen molar-refractivity contribution in [3.8, 4) is 5.75 Å². The number of hydrogen-bond donors (Lipinski definition) is 2. The minimum Gasteiger partial charge on any atom is -0.493 e. The van der Waals surface area contributed by atoms with E-state index in [1.165, 1.54) is 6.92 Å². The van der Waals surface area contributed by atoms with Crippen LogP contribution in [0.1, 0.15) is 31.1 Å². The van der Waals surface area contributed by atoms with Crippen molar-refractivity contribution in [2.45, 2.75) is 26.9 Å². The maximum atomic E-state index is 12.1. The molecule has 0 fully saturated rings. The molecule has 1 atom stereocenters. The Morgan fingerprint density at radius 1 is 1.18 bits per heavy atom. The largest absolute Gasteiger partial charge is 0.493 e. The average Bonchev–Trinajstić information content (AvgIpc) is 2.48. The number of esters is 1. The Labute approximate surface area is 129 Å². The third-order valence-electron chi connectivity index (χ3n) is 2.63. The summed E-state index contributed by atoms with van der Waals surface area (Å²) in [5.74, 6) is -1.01. The van der Waals surface area contributed by atoms with Gasteiger partial charge in [-0.05, 0) is 32.9 Å². The van der Waals surface area contributed by atoms with Crippen LogP contribution in [0.5, 0.6) is 5.75 Å². The highest BCUT2D eigenvalue weighted by Crippen LogP contribution is 2.19. The summed E-state index contributed by atoms with van der Waals surface area (Å²) >= 11 is 0. The molecule has 3 amide bonds. The number of hydrogen-bond acceptors (Lipinski definition) is 5. The van der Waals surface area contributed by atoms with Crippen molar-refractivity contribution in [1.29, 1.82) is 0 Å². The highest BCUT2D eigenvalue weighted by atomic mass is 16.5. The Kier molecular flexibility index (Phi) is 6.88. The van der Waals surface area contributed by atoms with Crippen LogP contribution in [0.2, 0.25) is 0 Å². The van der Waals surface area contributed by atoms with Crippen molar-refractivity contribution in [1.82, 2.24) is 10.6 Å². The van der Waals surface area contributed by atoms with E-state index >= 15 is 0 Å². The van der Waals surface area contributed by atoms with Gasteiger partial charge in [-0.25, -0.2) is 9.59 Å². The molecule has 0 aliphatic carbocycles. The molecular formula is C15H20N2O5. The van der Waals surface area contributed by atoms with Crippen LogP contribution < -0.4 is 15.4 Å². The van der Waals surface area contributed by atoms with E-state index in [-0.39, 0.29) is 5.56 Å². The number of para-hydroxylation sites is 1. The summed E-state index contributed by atoms with van der Waals surface area (Å²) in [6.45, 7) is 5.69. The summed E-state index contributed by atoms with van der Waals surface area (Å²) in [5.41, 5.74) is 0.224. The Morgan fingerprint density at radius 2 is 1.86 bits per heavy atom. The lowest BCUT2D eigenvalue weighted by atomic mass is 10.2. The summed E-state index contributed by atoms with van der Waals surface area (Å²) in [7, 11) is 0. The monoisotopic (exact) mass is 308 g/mol. The van der Waals surface area contributed by atoms with Crippen LogP contribution in [0.25, 0.3) is 0 Å². The van der Waals surface area contributed by atoms with Gasteiger partial charge in [0.2, 0.25) is 0 Å². The molecule has 1 aromatic rings. The minimum atomic E-state index is -1.11. The molecule has 1 aromatic carbocycles. The molecule has 1 rings (SSSR count).